The molecule has 0 radical (unpaired) electrons. The highest BCUT2D eigenvalue weighted by atomic mass is 16.3. The molecule has 0 atom stereocenters. The summed E-state index contributed by atoms with van der Waals surface area (Å²) < 4.78 is 1.61. The van der Waals surface area contributed by atoms with Gasteiger partial charge in [-0.1, -0.05) is 6.07 Å². The molecule has 86 valence electrons. The van der Waals surface area contributed by atoms with E-state index in [4.69, 9.17) is 5.73 Å². The Morgan fingerprint density at radius 3 is 2.94 bits per heavy atom. The van der Waals surface area contributed by atoms with Crippen LogP contribution in [0.3, 0.4) is 0 Å². The smallest absolute Gasteiger partial charge is 0.125 e. The van der Waals surface area contributed by atoms with E-state index in [2.05, 4.69) is 10.1 Å². The number of anilines is 1. The van der Waals surface area contributed by atoms with E-state index in [0.29, 0.717) is 5.82 Å². The minimum Gasteiger partial charge on any atom is -0.507 e. The number of nitrogens with one attached hydrogen (secondary N) is 1. The molecule has 0 amide bonds. The fourth-order valence-corrected chi connectivity index (χ4v) is 1.98. The molecule has 17 heavy (non-hydrogen) atoms. The van der Waals surface area contributed by atoms with Crippen LogP contribution in [0.1, 0.15) is 0 Å². The number of nitrogen functional groups attached to an aromatic ring is 1. The molecule has 0 aliphatic heterocycles. The molecule has 4 N–H and O–H groups in total. The van der Waals surface area contributed by atoms with E-state index >= 15 is 0 Å². The molecule has 2 heterocycles. The normalized spacial score (nSPS) is 11.1. The van der Waals surface area contributed by atoms with Gasteiger partial charge in [0.05, 0.1) is 11.1 Å². The Bertz CT molecular complexity index is 676. The number of nitrogens with zero attached hydrogens (tertiary/aromatic N) is 2. The topological polar surface area (TPSA) is 79.9 Å². The van der Waals surface area contributed by atoms with Crippen molar-refractivity contribution in [3.63, 3.8) is 0 Å². The lowest BCUT2D eigenvalue weighted by Crippen LogP contribution is -1.96. The molecular weight excluding hydrogens is 216 g/mol. The van der Waals surface area contributed by atoms with Crippen molar-refractivity contribution < 1.29 is 5.11 Å². The Hall–Kier alpha value is -2.43. The van der Waals surface area contributed by atoms with Gasteiger partial charge in [0, 0.05) is 30.4 Å². The quantitative estimate of drug-likeness (QED) is 0.594. The number of phenolic OH excluding ortho intramolecular Hbond substituents is 1. The molecular formula is C12H12N4O. The summed E-state index contributed by atoms with van der Waals surface area (Å²) in [7, 11) is 1.79. The first-order chi connectivity index (χ1) is 8.16. The summed E-state index contributed by atoms with van der Waals surface area (Å²) in [4.78, 5) is 3.11. The van der Waals surface area contributed by atoms with Crippen molar-refractivity contribution in [2.45, 2.75) is 0 Å². The highest BCUT2D eigenvalue weighted by molar-refractivity contribution is 5.99. The zero-order valence-electron chi connectivity index (χ0n) is 9.31. The van der Waals surface area contributed by atoms with Crippen LogP contribution in [0.15, 0.2) is 30.5 Å². The second-order valence-corrected chi connectivity index (χ2v) is 3.98. The van der Waals surface area contributed by atoms with Gasteiger partial charge in [0.2, 0.25) is 0 Å². The van der Waals surface area contributed by atoms with Gasteiger partial charge in [-0.15, -0.1) is 0 Å². The summed E-state index contributed by atoms with van der Waals surface area (Å²) >= 11 is 0. The summed E-state index contributed by atoms with van der Waals surface area (Å²) in [5.74, 6) is 0.827. The van der Waals surface area contributed by atoms with Gasteiger partial charge in [0.25, 0.3) is 0 Å². The van der Waals surface area contributed by atoms with E-state index in [9.17, 15) is 5.11 Å². The molecule has 1 aromatic carbocycles. The molecule has 5 nitrogen and oxygen atoms in total. The Labute approximate surface area is 97.5 Å². The Balaban J connectivity index is 2.31. The molecule has 0 bridgehead atoms. The van der Waals surface area contributed by atoms with Gasteiger partial charge in [-0.25, -0.2) is 0 Å². The second-order valence-electron chi connectivity index (χ2n) is 3.98. The average Bonchev–Trinajstić information content (AvgIpc) is 2.85. The monoisotopic (exact) mass is 228 g/mol. The number of fused-ring (bicyclic) bond motifs is 1. The maximum Gasteiger partial charge on any atom is 0.125 e. The first-order valence-electron chi connectivity index (χ1n) is 5.26. The summed E-state index contributed by atoms with van der Waals surface area (Å²) in [5.41, 5.74) is 8.24. The molecule has 0 saturated heterocycles. The van der Waals surface area contributed by atoms with Crippen LogP contribution < -0.4 is 5.73 Å². The third-order valence-electron chi connectivity index (χ3n) is 2.88. The van der Waals surface area contributed by atoms with Crippen molar-refractivity contribution in [3.8, 4) is 17.0 Å². The number of hydrogen-bond acceptors (Lipinski definition) is 3. The maximum absolute atomic E-state index is 9.89. The summed E-state index contributed by atoms with van der Waals surface area (Å²) in [6, 6.07) is 7.15. The molecule has 0 aliphatic carbocycles. The SMILES string of the molecule is Cn1nc(-c2c[nH]c3cccc(O)c23)cc1N. The van der Waals surface area contributed by atoms with Gasteiger partial charge in [0.1, 0.15) is 11.6 Å². The largest absolute Gasteiger partial charge is 0.507 e. The summed E-state index contributed by atoms with van der Waals surface area (Å²) in [6.45, 7) is 0. The van der Waals surface area contributed by atoms with E-state index in [1.165, 1.54) is 0 Å². The van der Waals surface area contributed by atoms with Crippen molar-refractivity contribution in [2.24, 2.45) is 7.05 Å². The first-order valence-corrected chi connectivity index (χ1v) is 5.26. The highest BCUT2D eigenvalue weighted by Gasteiger charge is 2.12. The fourth-order valence-electron chi connectivity index (χ4n) is 1.98. The lowest BCUT2D eigenvalue weighted by Gasteiger charge is -1.97. The van der Waals surface area contributed by atoms with Gasteiger partial charge in [-0.2, -0.15) is 5.10 Å². The van der Waals surface area contributed by atoms with Crippen LogP contribution in [0.2, 0.25) is 0 Å². The van der Waals surface area contributed by atoms with Gasteiger partial charge in [-0.3, -0.25) is 4.68 Å². The standard InChI is InChI=1S/C12H12N4O/c1-16-11(13)5-9(15-16)7-6-14-8-3-2-4-10(17)12(7)8/h2-6,14,17H,13H2,1H3. The van der Waals surface area contributed by atoms with Gasteiger partial charge in [-0.05, 0) is 12.1 Å². The van der Waals surface area contributed by atoms with Crippen LogP contribution in [-0.4, -0.2) is 19.9 Å². The highest BCUT2D eigenvalue weighted by Crippen LogP contribution is 2.34. The molecule has 3 rings (SSSR count). The van der Waals surface area contributed by atoms with Crippen molar-refractivity contribution in [1.82, 2.24) is 14.8 Å². The number of benzene rings is 1. The minimum absolute atomic E-state index is 0.239. The number of phenols is 1. The molecule has 0 saturated carbocycles. The number of aromatic hydroxyl groups is 1. The average molecular weight is 228 g/mol. The number of nitrogens with two attached hydrogens (primary N) is 1. The molecule has 5 heteroatoms. The van der Waals surface area contributed by atoms with Crippen LogP contribution in [0.25, 0.3) is 22.2 Å². The Morgan fingerprint density at radius 2 is 2.24 bits per heavy atom. The van der Waals surface area contributed by atoms with Gasteiger partial charge in [0.15, 0.2) is 0 Å². The number of rotatable bonds is 1. The van der Waals surface area contributed by atoms with Crippen LogP contribution in [0.4, 0.5) is 5.82 Å². The van der Waals surface area contributed by atoms with Gasteiger partial charge < -0.3 is 15.8 Å². The van der Waals surface area contributed by atoms with Crippen LogP contribution in [0.5, 0.6) is 5.75 Å². The maximum atomic E-state index is 9.89. The predicted octanol–water partition coefficient (Wildman–Crippen LogP) is 1.86. The minimum atomic E-state index is 0.239. The third kappa shape index (κ3) is 1.36. The van der Waals surface area contributed by atoms with Gasteiger partial charge >= 0.3 is 0 Å². The summed E-state index contributed by atoms with van der Waals surface area (Å²) in [6.07, 6.45) is 1.83. The predicted molar refractivity (Wildman–Crippen MR) is 66.6 cm³/mol. The van der Waals surface area contributed by atoms with Crippen LogP contribution in [-0.2, 0) is 7.05 Å². The Morgan fingerprint density at radius 1 is 1.41 bits per heavy atom. The number of aromatic amines is 1. The van der Waals surface area contributed by atoms with E-state index < -0.39 is 0 Å². The molecule has 2 aromatic heterocycles. The second kappa shape index (κ2) is 3.28. The van der Waals surface area contributed by atoms with E-state index in [1.54, 1.807) is 29.9 Å². The van der Waals surface area contributed by atoms with E-state index in [0.717, 1.165) is 22.2 Å². The number of hydrogen-bond donors (Lipinski definition) is 3. The van der Waals surface area contributed by atoms with Crippen LogP contribution in [0, 0.1) is 0 Å². The fraction of sp³-hybridized carbons (Fsp3) is 0.0833. The van der Waals surface area contributed by atoms with Crippen molar-refractivity contribution in [2.75, 3.05) is 5.73 Å². The molecule has 3 aromatic rings. The zero-order valence-corrected chi connectivity index (χ0v) is 9.31. The van der Waals surface area contributed by atoms with Crippen LogP contribution >= 0.6 is 0 Å². The van der Waals surface area contributed by atoms with Crippen molar-refractivity contribution >= 4 is 16.7 Å². The lowest BCUT2D eigenvalue weighted by atomic mass is 10.1. The molecule has 0 unspecified atom stereocenters. The number of aromatic nitrogens is 3. The van der Waals surface area contributed by atoms with E-state index in [1.807, 2.05) is 12.3 Å². The summed E-state index contributed by atoms with van der Waals surface area (Å²) in [5, 5.41) is 15.0. The molecule has 0 fully saturated rings. The third-order valence-corrected chi connectivity index (χ3v) is 2.88. The number of H-pyrrole nitrogens is 1. The molecule has 0 spiro atoms. The Kier molecular flexibility index (Phi) is 1.89. The zero-order chi connectivity index (χ0) is 12.0. The molecule has 0 aliphatic rings. The van der Waals surface area contributed by atoms with Crippen molar-refractivity contribution in [3.05, 3.63) is 30.5 Å². The first kappa shape index (κ1) is 9.77. The number of aryl methyl sites for hydroxylation is 1. The lowest BCUT2D eigenvalue weighted by molar-refractivity contribution is 0.482. The van der Waals surface area contributed by atoms with E-state index in [-0.39, 0.29) is 5.75 Å². The van der Waals surface area contributed by atoms with Crippen molar-refractivity contribution in [1.29, 1.82) is 0 Å².